The van der Waals surface area contributed by atoms with Crippen molar-refractivity contribution in [3.8, 4) is 0 Å². The van der Waals surface area contributed by atoms with Gasteiger partial charge in [-0.2, -0.15) is 13.2 Å². The van der Waals surface area contributed by atoms with E-state index in [9.17, 15) is 27.6 Å². The third kappa shape index (κ3) is 7.04. The number of amides is 3. The average molecular weight is 676 g/mol. The summed E-state index contributed by atoms with van der Waals surface area (Å²) in [5, 5.41) is 5.30. The van der Waals surface area contributed by atoms with Gasteiger partial charge in [-0.3, -0.25) is 9.59 Å². The summed E-state index contributed by atoms with van der Waals surface area (Å²) in [5.41, 5.74) is 0.337. The Hall–Kier alpha value is -3.51. The quantitative estimate of drug-likeness (QED) is 0.396. The van der Waals surface area contributed by atoms with Gasteiger partial charge in [0.1, 0.15) is 0 Å². The Kier molecular flexibility index (Phi) is 9.62. The molecule has 0 saturated carbocycles. The lowest BCUT2D eigenvalue weighted by Gasteiger charge is -2.44. The van der Waals surface area contributed by atoms with Crippen LogP contribution in [0, 0.1) is 0 Å². The molecule has 4 heterocycles. The van der Waals surface area contributed by atoms with E-state index in [2.05, 4.69) is 15.5 Å². The van der Waals surface area contributed by atoms with Gasteiger partial charge >= 0.3 is 12.3 Å². The number of ether oxygens (including phenoxy) is 1. The second-order valence-electron chi connectivity index (χ2n) is 13.2. The number of likely N-dealkylation sites (tertiary alicyclic amines) is 3. The molecule has 3 saturated heterocycles. The summed E-state index contributed by atoms with van der Waals surface area (Å²) in [6.45, 7) is 3.69. The number of rotatable bonds is 6. The molecule has 1 spiro atoms. The first-order valence-electron chi connectivity index (χ1n) is 16.4. The molecule has 6 rings (SSSR count). The second kappa shape index (κ2) is 13.5. The molecule has 2 aromatic rings. The highest BCUT2D eigenvalue weighted by Crippen LogP contribution is 2.45. The van der Waals surface area contributed by atoms with Gasteiger partial charge in [-0.05, 0) is 80.9 Å². The van der Waals surface area contributed by atoms with Crippen molar-refractivity contribution >= 4 is 40.9 Å². The predicted molar refractivity (Wildman–Crippen MR) is 173 cm³/mol. The molecule has 254 valence electrons. The van der Waals surface area contributed by atoms with E-state index in [1.807, 2.05) is 24.3 Å². The van der Waals surface area contributed by atoms with Crippen LogP contribution < -0.4 is 10.6 Å². The lowest BCUT2D eigenvalue weighted by Crippen LogP contribution is -2.52. The van der Waals surface area contributed by atoms with Crippen molar-refractivity contribution in [1.29, 1.82) is 0 Å². The van der Waals surface area contributed by atoms with Gasteiger partial charge in [0, 0.05) is 63.2 Å². The monoisotopic (exact) mass is 675 g/mol. The molecule has 47 heavy (non-hydrogen) atoms. The Labute approximate surface area is 277 Å². The van der Waals surface area contributed by atoms with Gasteiger partial charge in [0.25, 0.3) is 5.91 Å². The first-order valence-corrected chi connectivity index (χ1v) is 16.8. The van der Waals surface area contributed by atoms with Crippen molar-refractivity contribution in [2.75, 3.05) is 56.9 Å². The Morgan fingerprint density at radius 3 is 2.38 bits per heavy atom. The number of para-hydroxylation sites is 1. The van der Waals surface area contributed by atoms with Crippen LogP contribution in [0.4, 0.5) is 29.3 Å². The highest BCUT2D eigenvalue weighted by molar-refractivity contribution is 6.33. The first kappa shape index (κ1) is 33.4. The molecule has 0 radical (unpaired) electrons. The fraction of sp³-hybridized carbons (Fsp3) is 0.559. The van der Waals surface area contributed by atoms with Gasteiger partial charge in [-0.1, -0.05) is 29.8 Å². The SMILES string of the molecule is CNc1c(Cl)cc(C[C@@H](OC(=O)N2CCC3(CC2)CC(=O)Nc2ccccc23)C(=O)N2CCC(N3CCCC3)CC2)cc1C(F)(F)F. The minimum Gasteiger partial charge on any atom is -0.436 e. The number of fused-ring (bicyclic) bond motifs is 2. The molecule has 13 heteroatoms. The lowest BCUT2D eigenvalue weighted by atomic mass is 9.68. The number of hydrogen-bond donors (Lipinski definition) is 2. The summed E-state index contributed by atoms with van der Waals surface area (Å²) in [6, 6.07) is 10.4. The molecule has 0 aliphatic carbocycles. The van der Waals surface area contributed by atoms with Crippen LogP contribution in [-0.4, -0.2) is 91.1 Å². The fourth-order valence-electron chi connectivity index (χ4n) is 7.82. The number of alkyl halides is 3. The van der Waals surface area contributed by atoms with E-state index in [1.165, 1.54) is 30.9 Å². The van der Waals surface area contributed by atoms with Crippen LogP contribution in [-0.2, 0) is 32.3 Å². The van der Waals surface area contributed by atoms with Gasteiger partial charge in [-0.15, -0.1) is 0 Å². The van der Waals surface area contributed by atoms with E-state index in [-0.39, 0.29) is 28.6 Å². The Bertz CT molecular complexity index is 1500. The van der Waals surface area contributed by atoms with Crippen molar-refractivity contribution < 1.29 is 32.3 Å². The largest absolute Gasteiger partial charge is 0.436 e. The maximum atomic E-state index is 14.0. The Morgan fingerprint density at radius 2 is 1.72 bits per heavy atom. The van der Waals surface area contributed by atoms with Crippen LogP contribution in [0.15, 0.2) is 36.4 Å². The molecule has 1 atom stereocenters. The standard InChI is InChI=1S/C34H41ClF3N5O4/c1-39-30-25(34(36,37)38)18-22(19-26(30)35)20-28(31(45)42-14-8-23(9-15-42)41-12-4-5-13-41)47-32(46)43-16-10-33(11-17-43)21-29(44)40-27-7-3-2-6-24(27)33/h2-3,6-7,18-19,23,28,39H,4-5,8-17,20-21H2,1H3,(H,40,44)/t28-/m1/s1. The third-order valence-corrected chi connectivity index (χ3v) is 10.6. The predicted octanol–water partition coefficient (Wildman–Crippen LogP) is 5.91. The van der Waals surface area contributed by atoms with Gasteiger partial charge in [0.2, 0.25) is 5.91 Å². The molecule has 0 unspecified atom stereocenters. The van der Waals surface area contributed by atoms with Crippen molar-refractivity contribution in [2.45, 2.75) is 75.1 Å². The summed E-state index contributed by atoms with van der Waals surface area (Å²) in [5.74, 6) is -0.493. The topological polar surface area (TPSA) is 94.2 Å². The second-order valence-corrected chi connectivity index (χ2v) is 13.6. The van der Waals surface area contributed by atoms with Crippen LogP contribution in [0.25, 0.3) is 0 Å². The number of carbonyl (C=O) groups is 3. The number of anilines is 2. The normalized spacial score (nSPS) is 20.9. The summed E-state index contributed by atoms with van der Waals surface area (Å²) in [6.07, 6.45) is -1.69. The number of carbonyl (C=O) groups excluding carboxylic acids is 3. The summed E-state index contributed by atoms with van der Waals surface area (Å²) < 4.78 is 47.8. The van der Waals surface area contributed by atoms with Crippen LogP contribution in [0.5, 0.6) is 0 Å². The summed E-state index contributed by atoms with van der Waals surface area (Å²) >= 11 is 6.27. The molecule has 2 N–H and O–H groups in total. The first-order chi connectivity index (χ1) is 22.5. The molecule has 3 fully saturated rings. The smallest absolute Gasteiger partial charge is 0.418 e. The molecule has 4 aliphatic rings. The van der Waals surface area contributed by atoms with Crippen molar-refractivity contribution in [3.05, 3.63) is 58.1 Å². The lowest BCUT2D eigenvalue weighted by molar-refractivity contribution is -0.142. The molecule has 4 aliphatic heterocycles. The number of nitrogens with one attached hydrogen (secondary N) is 2. The maximum absolute atomic E-state index is 14.0. The van der Waals surface area contributed by atoms with Crippen molar-refractivity contribution in [1.82, 2.24) is 14.7 Å². The highest BCUT2D eigenvalue weighted by atomic mass is 35.5. The molecule has 9 nitrogen and oxygen atoms in total. The Morgan fingerprint density at radius 1 is 1.04 bits per heavy atom. The molecular formula is C34H41ClF3N5O4. The number of benzene rings is 2. The van der Waals surface area contributed by atoms with E-state index < -0.39 is 35.3 Å². The molecule has 3 amide bonds. The molecule has 0 bridgehead atoms. The van der Waals surface area contributed by atoms with Gasteiger partial charge in [0.05, 0.1) is 16.3 Å². The van der Waals surface area contributed by atoms with Crippen LogP contribution in [0.1, 0.15) is 61.6 Å². The molecular weight excluding hydrogens is 635 g/mol. The zero-order chi connectivity index (χ0) is 33.3. The van der Waals surface area contributed by atoms with Crippen LogP contribution >= 0.6 is 11.6 Å². The van der Waals surface area contributed by atoms with E-state index in [0.29, 0.717) is 51.5 Å². The molecule has 2 aromatic carbocycles. The van der Waals surface area contributed by atoms with Crippen molar-refractivity contribution in [2.24, 2.45) is 0 Å². The van der Waals surface area contributed by atoms with E-state index >= 15 is 0 Å². The molecule has 0 aromatic heterocycles. The minimum absolute atomic E-state index is 0.0694. The van der Waals surface area contributed by atoms with E-state index in [4.69, 9.17) is 16.3 Å². The number of nitrogens with zero attached hydrogens (tertiary/aromatic N) is 3. The maximum Gasteiger partial charge on any atom is 0.418 e. The minimum atomic E-state index is -4.69. The fourth-order valence-corrected chi connectivity index (χ4v) is 8.16. The average Bonchev–Trinajstić information content (AvgIpc) is 3.59. The van der Waals surface area contributed by atoms with Gasteiger partial charge in [-0.25, -0.2) is 4.79 Å². The van der Waals surface area contributed by atoms with Crippen molar-refractivity contribution in [3.63, 3.8) is 0 Å². The number of halogens is 4. The number of hydrogen-bond acceptors (Lipinski definition) is 6. The Balaban J connectivity index is 1.19. The zero-order valence-electron chi connectivity index (χ0n) is 26.5. The van der Waals surface area contributed by atoms with Crippen LogP contribution in [0.2, 0.25) is 5.02 Å². The van der Waals surface area contributed by atoms with E-state index in [0.717, 1.165) is 43.2 Å². The van der Waals surface area contributed by atoms with Gasteiger partial charge < -0.3 is 30.1 Å². The summed E-state index contributed by atoms with van der Waals surface area (Å²) in [4.78, 5) is 45.8. The highest BCUT2D eigenvalue weighted by Gasteiger charge is 2.44. The van der Waals surface area contributed by atoms with E-state index in [1.54, 1.807) is 4.90 Å². The van der Waals surface area contributed by atoms with Gasteiger partial charge in [0.15, 0.2) is 6.10 Å². The van der Waals surface area contributed by atoms with Crippen LogP contribution in [0.3, 0.4) is 0 Å². The third-order valence-electron chi connectivity index (χ3n) is 10.3. The zero-order valence-corrected chi connectivity index (χ0v) is 27.3. The number of piperidine rings is 2. The summed E-state index contributed by atoms with van der Waals surface area (Å²) in [7, 11) is 1.36.